The minimum absolute atomic E-state index is 0.186. The molecule has 1 aliphatic heterocycles. The van der Waals surface area contributed by atoms with Crippen molar-refractivity contribution < 1.29 is 14.6 Å². The van der Waals surface area contributed by atoms with Gasteiger partial charge in [-0.1, -0.05) is 18.2 Å². The van der Waals surface area contributed by atoms with Crippen LogP contribution >= 0.6 is 0 Å². The SMILES string of the molecule is COc1ccc2c(c1)CC(O)C(N1CCN(c3ccccc3OC)CC1)C2. The molecule has 2 atom stereocenters. The van der Waals surface area contributed by atoms with Gasteiger partial charge in [0.2, 0.25) is 0 Å². The molecule has 2 aromatic rings. The van der Waals surface area contributed by atoms with Crippen molar-refractivity contribution >= 4 is 5.69 Å². The Kier molecular flexibility index (Phi) is 5.23. The maximum absolute atomic E-state index is 10.8. The van der Waals surface area contributed by atoms with Crippen LogP contribution in [0.2, 0.25) is 0 Å². The largest absolute Gasteiger partial charge is 0.497 e. The lowest BCUT2D eigenvalue weighted by Crippen LogP contribution is -2.56. The molecule has 0 radical (unpaired) electrons. The van der Waals surface area contributed by atoms with Gasteiger partial charge in [0.1, 0.15) is 11.5 Å². The predicted molar refractivity (Wildman–Crippen MR) is 107 cm³/mol. The molecule has 144 valence electrons. The molecule has 2 unspecified atom stereocenters. The Bertz CT molecular complexity index is 787. The lowest BCUT2D eigenvalue weighted by atomic mass is 9.85. The first-order valence-electron chi connectivity index (χ1n) is 9.65. The predicted octanol–water partition coefficient (Wildman–Crippen LogP) is 2.35. The smallest absolute Gasteiger partial charge is 0.142 e. The second kappa shape index (κ2) is 7.79. The Morgan fingerprint density at radius 1 is 0.889 bits per heavy atom. The molecule has 0 bridgehead atoms. The Morgan fingerprint density at radius 3 is 2.41 bits per heavy atom. The van der Waals surface area contributed by atoms with Crippen molar-refractivity contribution in [1.29, 1.82) is 0 Å². The van der Waals surface area contributed by atoms with E-state index in [1.807, 2.05) is 18.2 Å². The molecule has 2 aliphatic rings. The van der Waals surface area contributed by atoms with Gasteiger partial charge >= 0.3 is 0 Å². The Hall–Kier alpha value is -2.24. The average molecular weight is 368 g/mol. The van der Waals surface area contributed by atoms with Gasteiger partial charge in [-0.15, -0.1) is 0 Å². The van der Waals surface area contributed by atoms with Gasteiger partial charge in [-0.2, -0.15) is 0 Å². The third-order valence-corrected chi connectivity index (χ3v) is 5.92. The number of aliphatic hydroxyl groups excluding tert-OH is 1. The van der Waals surface area contributed by atoms with Crippen LogP contribution in [0.5, 0.6) is 11.5 Å². The molecule has 5 heteroatoms. The first-order valence-corrected chi connectivity index (χ1v) is 9.65. The summed E-state index contributed by atoms with van der Waals surface area (Å²) in [4.78, 5) is 4.83. The van der Waals surface area contributed by atoms with Crippen LogP contribution < -0.4 is 14.4 Å². The van der Waals surface area contributed by atoms with Gasteiger partial charge in [0.15, 0.2) is 0 Å². The number of benzene rings is 2. The zero-order valence-corrected chi connectivity index (χ0v) is 16.1. The summed E-state index contributed by atoms with van der Waals surface area (Å²) in [6.07, 6.45) is 1.27. The lowest BCUT2D eigenvalue weighted by molar-refractivity contribution is 0.0394. The Morgan fingerprint density at radius 2 is 1.67 bits per heavy atom. The zero-order chi connectivity index (χ0) is 18.8. The molecule has 1 fully saturated rings. The molecule has 0 aromatic heterocycles. The van der Waals surface area contributed by atoms with Crippen molar-refractivity contribution in [3.63, 3.8) is 0 Å². The molecule has 5 nitrogen and oxygen atoms in total. The van der Waals surface area contributed by atoms with Crippen molar-refractivity contribution in [2.75, 3.05) is 45.3 Å². The summed E-state index contributed by atoms with van der Waals surface area (Å²) in [5.41, 5.74) is 3.70. The fourth-order valence-electron chi connectivity index (χ4n) is 4.40. The van der Waals surface area contributed by atoms with Gasteiger partial charge < -0.3 is 19.5 Å². The number of hydrogen-bond acceptors (Lipinski definition) is 5. The second-order valence-corrected chi connectivity index (χ2v) is 7.37. The van der Waals surface area contributed by atoms with Crippen LogP contribution in [0.25, 0.3) is 0 Å². The maximum Gasteiger partial charge on any atom is 0.142 e. The first kappa shape index (κ1) is 18.1. The highest BCUT2D eigenvalue weighted by Gasteiger charge is 2.33. The van der Waals surface area contributed by atoms with Crippen LogP contribution in [0, 0.1) is 0 Å². The number of aliphatic hydroxyl groups is 1. The number of anilines is 1. The molecule has 0 spiro atoms. The number of hydrogen-bond donors (Lipinski definition) is 1. The molecule has 4 rings (SSSR count). The van der Waals surface area contributed by atoms with E-state index >= 15 is 0 Å². The quantitative estimate of drug-likeness (QED) is 0.898. The third-order valence-electron chi connectivity index (χ3n) is 5.92. The first-order chi connectivity index (χ1) is 13.2. The van der Waals surface area contributed by atoms with Crippen molar-refractivity contribution in [3.8, 4) is 11.5 Å². The fraction of sp³-hybridized carbons (Fsp3) is 0.455. The highest BCUT2D eigenvalue weighted by atomic mass is 16.5. The van der Waals surface area contributed by atoms with Gasteiger partial charge in [0.05, 0.1) is 26.0 Å². The van der Waals surface area contributed by atoms with Crippen molar-refractivity contribution in [2.24, 2.45) is 0 Å². The minimum Gasteiger partial charge on any atom is -0.497 e. The van der Waals surface area contributed by atoms with Crippen molar-refractivity contribution in [3.05, 3.63) is 53.6 Å². The number of ether oxygens (including phenoxy) is 2. The number of piperazine rings is 1. The summed E-state index contributed by atoms with van der Waals surface area (Å²) < 4.78 is 10.8. The minimum atomic E-state index is -0.331. The van der Waals surface area contributed by atoms with Crippen LogP contribution in [0.4, 0.5) is 5.69 Å². The van der Waals surface area contributed by atoms with E-state index in [0.717, 1.165) is 49.8 Å². The van der Waals surface area contributed by atoms with Gasteiger partial charge in [0.25, 0.3) is 0 Å². The normalized spacial score (nSPS) is 23.0. The van der Waals surface area contributed by atoms with E-state index in [-0.39, 0.29) is 12.1 Å². The van der Waals surface area contributed by atoms with E-state index in [0.29, 0.717) is 6.42 Å². The molecular weight excluding hydrogens is 340 g/mol. The molecule has 0 amide bonds. The molecular formula is C22H28N2O3. The summed E-state index contributed by atoms with van der Waals surface area (Å²) in [5.74, 6) is 1.79. The summed E-state index contributed by atoms with van der Waals surface area (Å²) in [6.45, 7) is 3.79. The van der Waals surface area contributed by atoms with Crippen LogP contribution in [-0.4, -0.2) is 62.6 Å². The summed E-state index contributed by atoms with van der Waals surface area (Å²) in [5, 5.41) is 10.8. The van der Waals surface area contributed by atoms with Gasteiger partial charge in [-0.05, 0) is 41.8 Å². The highest BCUT2D eigenvalue weighted by molar-refractivity contribution is 5.58. The van der Waals surface area contributed by atoms with Gasteiger partial charge in [-0.25, -0.2) is 0 Å². The standard InChI is InChI=1S/C22H28N2O3/c1-26-18-8-7-16-14-20(21(25)15-17(16)13-18)24-11-9-23(10-12-24)19-5-3-4-6-22(19)27-2/h3-8,13,20-21,25H,9-12,14-15H2,1-2H3. The van der Waals surface area contributed by atoms with E-state index in [4.69, 9.17) is 9.47 Å². The van der Waals surface area contributed by atoms with Gasteiger partial charge in [0, 0.05) is 38.6 Å². The topological polar surface area (TPSA) is 45.2 Å². The molecule has 27 heavy (non-hydrogen) atoms. The monoisotopic (exact) mass is 368 g/mol. The maximum atomic E-state index is 10.8. The number of methoxy groups -OCH3 is 2. The third kappa shape index (κ3) is 3.62. The number of rotatable bonds is 4. The molecule has 2 aromatic carbocycles. The zero-order valence-electron chi connectivity index (χ0n) is 16.1. The van der Waals surface area contributed by atoms with Crippen LogP contribution in [-0.2, 0) is 12.8 Å². The molecule has 0 saturated carbocycles. The van der Waals surface area contributed by atoms with E-state index in [2.05, 4.69) is 34.1 Å². The molecule has 1 aliphatic carbocycles. The van der Waals surface area contributed by atoms with Crippen molar-refractivity contribution in [2.45, 2.75) is 25.0 Å². The average Bonchev–Trinajstić information content (AvgIpc) is 2.73. The number of para-hydroxylation sites is 2. The number of fused-ring (bicyclic) bond motifs is 1. The summed E-state index contributed by atoms with van der Waals surface area (Å²) in [6, 6.07) is 14.6. The highest BCUT2D eigenvalue weighted by Crippen LogP contribution is 2.31. The van der Waals surface area contributed by atoms with E-state index in [1.54, 1.807) is 14.2 Å². The lowest BCUT2D eigenvalue weighted by Gasteiger charge is -2.43. The van der Waals surface area contributed by atoms with E-state index in [1.165, 1.54) is 11.1 Å². The molecule has 1 saturated heterocycles. The van der Waals surface area contributed by atoms with Crippen molar-refractivity contribution in [1.82, 2.24) is 4.90 Å². The van der Waals surface area contributed by atoms with E-state index in [9.17, 15) is 5.11 Å². The Labute approximate surface area is 161 Å². The summed E-state index contributed by atoms with van der Waals surface area (Å²) in [7, 11) is 3.41. The van der Waals surface area contributed by atoms with E-state index < -0.39 is 0 Å². The van der Waals surface area contributed by atoms with Crippen LogP contribution in [0.1, 0.15) is 11.1 Å². The fourth-order valence-corrected chi connectivity index (χ4v) is 4.40. The summed E-state index contributed by atoms with van der Waals surface area (Å²) >= 11 is 0. The molecule has 1 N–H and O–H groups in total. The Balaban J connectivity index is 1.43. The second-order valence-electron chi connectivity index (χ2n) is 7.37. The van der Waals surface area contributed by atoms with Crippen LogP contribution in [0.3, 0.4) is 0 Å². The van der Waals surface area contributed by atoms with Crippen LogP contribution in [0.15, 0.2) is 42.5 Å². The van der Waals surface area contributed by atoms with Gasteiger partial charge in [-0.3, -0.25) is 4.90 Å². The number of nitrogens with zero attached hydrogens (tertiary/aromatic N) is 2. The molecule has 1 heterocycles.